The number of allylic oxidation sites excluding steroid dienone is 1. The van der Waals surface area contributed by atoms with Crippen molar-refractivity contribution in [1.82, 2.24) is 5.32 Å². The van der Waals surface area contributed by atoms with Gasteiger partial charge in [-0.3, -0.25) is 0 Å². The fraction of sp³-hybridized carbons (Fsp3) is 0.714. The summed E-state index contributed by atoms with van der Waals surface area (Å²) < 4.78 is 0. The average Bonchev–Trinajstić information content (AvgIpc) is 2.13. The quantitative estimate of drug-likeness (QED) is 0.541. The van der Waals surface area contributed by atoms with Gasteiger partial charge in [-0.1, -0.05) is 5.57 Å². The Morgan fingerprint density at radius 2 is 2.33 bits per heavy atom. The zero-order chi connectivity index (χ0) is 6.85. The fourth-order valence-electron chi connectivity index (χ4n) is 1.11. The largest absolute Gasteiger partial charge is 0.394 e. The van der Waals surface area contributed by atoms with Crippen LogP contribution in [0.25, 0.3) is 0 Å². The highest BCUT2D eigenvalue weighted by Crippen LogP contribution is 2.16. The van der Waals surface area contributed by atoms with Gasteiger partial charge >= 0.3 is 0 Å². The predicted molar refractivity (Wildman–Crippen MR) is 37.0 cm³/mol. The molecule has 2 N–H and O–H groups in total. The minimum atomic E-state index is 0.245. The van der Waals surface area contributed by atoms with Gasteiger partial charge in [0, 0.05) is 5.70 Å². The van der Waals surface area contributed by atoms with Gasteiger partial charge in [0.1, 0.15) is 0 Å². The molecule has 0 aromatic heterocycles. The lowest BCUT2D eigenvalue weighted by Crippen LogP contribution is -2.25. The molecule has 0 unspecified atom stereocenters. The van der Waals surface area contributed by atoms with Crippen LogP contribution in [0.5, 0.6) is 0 Å². The summed E-state index contributed by atoms with van der Waals surface area (Å²) in [4.78, 5) is 0. The molecule has 0 aliphatic carbocycles. The third-order valence-corrected chi connectivity index (χ3v) is 1.83. The molecule has 0 saturated carbocycles. The van der Waals surface area contributed by atoms with Gasteiger partial charge < -0.3 is 10.4 Å². The molecule has 0 bridgehead atoms. The zero-order valence-electron chi connectivity index (χ0n) is 5.94. The molecule has 1 aliphatic heterocycles. The zero-order valence-corrected chi connectivity index (χ0v) is 5.94. The standard InChI is InChI=1S/C7H13NO/c1-5-3-7(4-9)8-6(5)2/h7-9H,3-4H2,1-2H3/t7-/m0/s1. The third-order valence-electron chi connectivity index (χ3n) is 1.83. The van der Waals surface area contributed by atoms with Gasteiger partial charge in [0.25, 0.3) is 0 Å². The molecule has 1 heterocycles. The van der Waals surface area contributed by atoms with Crippen molar-refractivity contribution >= 4 is 0 Å². The highest BCUT2D eigenvalue weighted by atomic mass is 16.3. The summed E-state index contributed by atoms with van der Waals surface area (Å²) in [6.07, 6.45) is 1.00. The molecule has 0 amide bonds. The summed E-state index contributed by atoms with van der Waals surface area (Å²) in [6.45, 7) is 4.39. The van der Waals surface area contributed by atoms with Crippen molar-refractivity contribution in [3.05, 3.63) is 11.3 Å². The first-order chi connectivity index (χ1) is 4.24. The number of hydrogen-bond acceptors (Lipinski definition) is 2. The summed E-state index contributed by atoms with van der Waals surface area (Å²) in [7, 11) is 0. The highest BCUT2D eigenvalue weighted by molar-refractivity contribution is 5.16. The first-order valence-corrected chi connectivity index (χ1v) is 3.27. The van der Waals surface area contributed by atoms with E-state index in [0.29, 0.717) is 0 Å². The van der Waals surface area contributed by atoms with Gasteiger partial charge in [-0.25, -0.2) is 0 Å². The second-order valence-corrected chi connectivity index (χ2v) is 2.63. The van der Waals surface area contributed by atoms with Gasteiger partial charge in [0.2, 0.25) is 0 Å². The van der Waals surface area contributed by atoms with Crippen molar-refractivity contribution in [3.63, 3.8) is 0 Å². The van der Waals surface area contributed by atoms with E-state index in [1.807, 2.05) is 6.92 Å². The van der Waals surface area contributed by atoms with Crippen LogP contribution in [0.1, 0.15) is 20.3 Å². The second-order valence-electron chi connectivity index (χ2n) is 2.63. The monoisotopic (exact) mass is 127 g/mol. The summed E-state index contributed by atoms with van der Waals surface area (Å²) in [5, 5.41) is 11.9. The van der Waals surface area contributed by atoms with Gasteiger partial charge in [-0.2, -0.15) is 0 Å². The van der Waals surface area contributed by atoms with E-state index in [2.05, 4.69) is 12.2 Å². The van der Waals surface area contributed by atoms with Crippen LogP contribution >= 0.6 is 0 Å². The minimum Gasteiger partial charge on any atom is -0.394 e. The molecule has 0 aromatic rings. The maximum Gasteiger partial charge on any atom is 0.0635 e. The summed E-state index contributed by atoms with van der Waals surface area (Å²) in [5.74, 6) is 0. The molecule has 9 heavy (non-hydrogen) atoms. The Bertz CT molecular complexity index is 126. The van der Waals surface area contributed by atoms with Crippen LogP contribution in [0.3, 0.4) is 0 Å². The average molecular weight is 127 g/mol. The van der Waals surface area contributed by atoms with E-state index >= 15 is 0 Å². The van der Waals surface area contributed by atoms with Crippen LogP contribution in [0.15, 0.2) is 11.3 Å². The maximum absolute atomic E-state index is 8.71. The minimum absolute atomic E-state index is 0.245. The lowest BCUT2D eigenvalue weighted by molar-refractivity contribution is 0.256. The topological polar surface area (TPSA) is 32.3 Å². The Balaban J connectivity index is 2.48. The van der Waals surface area contributed by atoms with Gasteiger partial charge in [0.05, 0.1) is 12.6 Å². The smallest absolute Gasteiger partial charge is 0.0635 e. The Labute approximate surface area is 55.6 Å². The number of hydrogen-bond donors (Lipinski definition) is 2. The number of aliphatic hydroxyl groups excluding tert-OH is 1. The number of nitrogens with one attached hydrogen (secondary N) is 1. The summed E-state index contributed by atoms with van der Waals surface area (Å²) in [6, 6.07) is 0.282. The molecule has 0 radical (unpaired) electrons. The van der Waals surface area contributed by atoms with E-state index in [0.717, 1.165) is 6.42 Å². The van der Waals surface area contributed by atoms with Crippen molar-refractivity contribution in [1.29, 1.82) is 0 Å². The molecule has 2 nitrogen and oxygen atoms in total. The van der Waals surface area contributed by atoms with Crippen molar-refractivity contribution in [2.24, 2.45) is 0 Å². The van der Waals surface area contributed by atoms with E-state index in [1.54, 1.807) is 0 Å². The predicted octanol–water partition coefficient (Wildman–Crippen LogP) is 0.635. The molecule has 52 valence electrons. The molecule has 1 rings (SSSR count). The van der Waals surface area contributed by atoms with Crippen LogP contribution < -0.4 is 5.32 Å². The first-order valence-electron chi connectivity index (χ1n) is 3.27. The van der Waals surface area contributed by atoms with E-state index in [-0.39, 0.29) is 12.6 Å². The highest BCUT2D eigenvalue weighted by Gasteiger charge is 2.15. The van der Waals surface area contributed by atoms with Crippen molar-refractivity contribution < 1.29 is 5.11 Å². The Morgan fingerprint density at radius 1 is 1.67 bits per heavy atom. The van der Waals surface area contributed by atoms with E-state index in [1.165, 1.54) is 11.3 Å². The van der Waals surface area contributed by atoms with E-state index in [9.17, 15) is 0 Å². The van der Waals surface area contributed by atoms with E-state index < -0.39 is 0 Å². The third kappa shape index (κ3) is 1.24. The molecule has 2 heteroatoms. The van der Waals surface area contributed by atoms with Gasteiger partial charge in [-0.15, -0.1) is 0 Å². The summed E-state index contributed by atoms with van der Waals surface area (Å²) in [5.41, 5.74) is 2.60. The Hall–Kier alpha value is -0.500. The normalized spacial score (nSPS) is 26.8. The van der Waals surface area contributed by atoms with Crippen LogP contribution in [0, 0.1) is 0 Å². The van der Waals surface area contributed by atoms with Crippen LogP contribution in [0.4, 0.5) is 0 Å². The summed E-state index contributed by atoms with van der Waals surface area (Å²) >= 11 is 0. The number of aliphatic hydroxyl groups is 1. The van der Waals surface area contributed by atoms with Crippen molar-refractivity contribution in [2.75, 3.05) is 6.61 Å². The Kier molecular flexibility index (Phi) is 1.76. The molecule has 0 spiro atoms. The van der Waals surface area contributed by atoms with Crippen molar-refractivity contribution in [2.45, 2.75) is 26.3 Å². The molecule has 0 aromatic carbocycles. The fourth-order valence-corrected chi connectivity index (χ4v) is 1.11. The molecular formula is C7H13NO. The molecule has 0 saturated heterocycles. The van der Waals surface area contributed by atoms with Crippen LogP contribution in [0.2, 0.25) is 0 Å². The lowest BCUT2D eigenvalue weighted by Gasteiger charge is -2.06. The second kappa shape index (κ2) is 2.40. The molecule has 1 aliphatic rings. The number of rotatable bonds is 1. The SMILES string of the molecule is CC1=C(C)N[C@H](CO)C1. The van der Waals surface area contributed by atoms with E-state index in [4.69, 9.17) is 5.11 Å². The van der Waals surface area contributed by atoms with Gasteiger partial charge in [0.15, 0.2) is 0 Å². The Morgan fingerprint density at radius 3 is 2.56 bits per heavy atom. The van der Waals surface area contributed by atoms with Crippen molar-refractivity contribution in [3.8, 4) is 0 Å². The first kappa shape index (κ1) is 6.62. The lowest BCUT2D eigenvalue weighted by atomic mass is 10.1. The van der Waals surface area contributed by atoms with Gasteiger partial charge in [-0.05, 0) is 20.3 Å². The molecular weight excluding hydrogens is 114 g/mol. The van der Waals surface area contributed by atoms with Crippen LogP contribution in [-0.2, 0) is 0 Å². The molecule has 0 fully saturated rings. The maximum atomic E-state index is 8.71. The molecule has 1 atom stereocenters. The van der Waals surface area contributed by atoms with Crippen LogP contribution in [-0.4, -0.2) is 17.8 Å².